The molecule has 0 aliphatic heterocycles. The Morgan fingerprint density at radius 1 is 1.27 bits per heavy atom. The number of carbonyl (C=O) groups is 1. The third kappa shape index (κ3) is 2.32. The number of hydrogen-bond acceptors (Lipinski definition) is 2. The Kier molecular flexibility index (Phi) is 3.76. The molecular formula is C7H6O3Zn. The van der Waals surface area contributed by atoms with Crippen molar-refractivity contribution in [3.05, 3.63) is 29.8 Å². The van der Waals surface area contributed by atoms with Gasteiger partial charge in [-0.15, -0.1) is 0 Å². The molecule has 0 radical (unpaired) electrons. The normalized spacial score (nSPS) is 8.36. The zero-order valence-corrected chi connectivity index (χ0v) is 8.79. The summed E-state index contributed by atoms with van der Waals surface area (Å²) in [5.41, 5.74) is -0.0671. The van der Waals surface area contributed by atoms with E-state index in [0.29, 0.717) is 0 Å². The summed E-state index contributed by atoms with van der Waals surface area (Å²) in [5.74, 6) is -1.31. The first-order valence-electron chi connectivity index (χ1n) is 2.73. The average molecular weight is 204 g/mol. The SMILES string of the molecule is O=C(O)c1ccccc1O.[Zn]. The average Bonchev–Trinajstić information content (AvgIpc) is 1.88. The Bertz CT molecular complexity index is 260. The Balaban J connectivity index is 0.000001000. The number of para-hydroxylation sites is 1. The molecule has 54 valence electrons. The predicted octanol–water partition coefficient (Wildman–Crippen LogP) is 1.09. The number of phenols is 1. The molecule has 0 unspecified atom stereocenters. The fourth-order valence-electron chi connectivity index (χ4n) is 0.654. The molecule has 0 amide bonds. The number of carboxylic acid groups (broad SMARTS) is 1. The van der Waals surface area contributed by atoms with E-state index in [1.165, 1.54) is 12.1 Å². The summed E-state index contributed by atoms with van der Waals surface area (Å²) in [6.07, 6.45) is 0. The number of aromatic carboxylic acids is 1. The molecular weight excluding hydrogens is 197 g/mol. The summed E-state index contributed by atoms with van der Waals surface area (Å²) in [6, 6.07) is 5.81. The molecule has 4 heteroatoms. The largest absolute Gasteiger partial charge is 0.507 e. The topological polar surface area (TPSA) is 57.5 Å². The molecule has 0 aromatic heterocycles. The number of benzene rings is 1. The molecule has 1 aromatic carbocycles. The van der Waals surface area contributed by atoms with Gasteiger partial charge in [0.05, 0.1) is 0 Å². The van der Waals surface area contributed by atoms with Crippen LogP contribution in [0.3, 0.4) is 0 Å². The van der Waals surface area contributed by atoms with Crippen molar-refractivity contribution in [1.82, 2.24) is 0 Å². The van der Waals surface area contributed by atoms with Crippen molar-refractivity contribution >= 4 is 5.97 Å². The summed E-state index contributed by atoms with van der Waals surface area (Å²) in [7, 11) is 0. The molecule has 1 rings (SSSR count). The molecule has 0 aliphatic carbocycles. The van der Waals surface area contributed by atoms with Crippen molar-refractivity contribution in [1.29, 1.82) is 0 Å². The molecule has 0 heterocycles. The van der Waals surface area contributed by atoms with Crippen molar-refractivity contribution < 1.29 is 34.5 Å². The van der Waals surface area contributed by atoms with Gasteiger partial charge in [-0.2, -0.15) is 0 Å². The third-order valence-electron chi connectivity index (χ3n) is 1.13. The molecule has 0 fully saturated rings. The predicted molar refractivity (Wildman–Crippen MR) is 35.1 cm³/mol. The fourth-order valence-corrected chi connectivity index (χ4v) is 0.654. The van der Waals surface area contributed by atoms with Crippen LogP contribution in [0.1, 0.15) is 10.4 Å². The third-order valence-corrected chi connectivity index (χ3v) is 1.13. The minimum absolute atomic E-state index is 0. The van der Waals surface area contributed by atoms with Gasteiger partial charge < -0.3 is 10.2 Å². The standard InChI is InChI=1S/C7H6O3.Zn/c8-6-4-2-1-3-5(6)7(9)10;/h1-4,8H,(H,9,10);. The Labute approximate surface area is 76.4 Å². The first kappa shape index (κ1) is 10.1. The molecule has 0 saturated heterocycles. The van der Waals surface area contributed by atoms with Crippen LogP contribution in [0, 0.1) is 0 Å². The van der Waals surface area contributed by atoms with E-state index in [1.807, 2.05) is 0 Å². The van der Waals surface area contributed by atoms with Crippen LogP contribution in [-0.4, -0.2) is 16.2 Å². The van der Waals surface area contributed by atoms with Gasteiger partial charge in [-0.1, -0.05) is 12.1 Å². The number of rotatable bonds is 1. The van der Waals surface area contributed by atoms with Gasteiger partial charge in [-0.3, -0.25) is 0 Å². The summed E-state index contributed by atoms with van der Waals surface area (Å²) in [6.45, 7) is 0. The van der Waals surface area contributed by atoms with Crippen LogP contribution >= 0.6 is 0 Å². The van der Waals surface area contributed by atoms with Gasteiger partial charge in [-0.05, 0) is 12.1 Å². The molecule has 0 atom stereocenters. The second kappa shape index (κ2) is 4.09. The van der Waals surface area contributed by atoms with E-state index < -0.39 is 5.97 Å². The maximum atomic E-state index is 10.3. The van der Waals surface area contributed by atoms with Crippen LogP contribution in [0.4, 0.5) is 0 Å². The van der Waals surface area contributed by atoms with Crippen molar-refractivity contribution in [2.75, 3.05) is 0 Å². The van der Waals surface area contributed by atoms with Gasteiger partial charge in [0.2, 0.25) is 0 Å². The number of carboxylic acids is 1. The van der Waals surface area contributed by atoms with Gasteiger partial charge in [0.1, 0.15) is 11.3 Å². The molecule has 0 spiro atoms. The second-order valence-corrected chi connectivity index (χ2v) is 1.82. The molecule has 3 nitrogen and oxygen atoms in total. The van der Waals surface area contributed by atoms with E-state index in [0.717, 1.165) is 0 Å². The zero-order valence-electron chi connectivity index (χ0n) is 5.82. The van der Waals surface area contributed by atoms with Crippen molar-refractivity contribution in [3.63, 3.8) is 0 Å². The molecule has 0 aliphatic rings. The Morgan fingerprint density at radius 2 is 1.82 bits per heavy atom. The fraction of sp³-hybridized carbons (Fsp3) is 0. The van der Waals surface area contributed by atoms with Crippen molar-refractivity contribution in [2.45, 2.75) is 0 Å². The van der Waals surface area contributed by atoms with Gasteiger partial charge in [-0.25, -0.2) is 4.79 Å². The first-order chi connectivity index (χ1) is 4.72. The molecule has 1 aromatic rings. The van der Waals surface area contributed by atoms with Crippen molar-refractivity contribution in [3.8, 4) is 5.75 Å². The van der Waals surface area contributed by atoms with E-state index >= 15 is 0 Å². The number of aromatic hydroxyl groups is 1. The first-order valence-corrected chi connectivity index (χ1v) is 2.73. The maximum Gasteiger partial charge on any atom is 0.339 e. The van der Waals surface area contributed by atoms with Crippen LogP contribution < -0.4 is 0 Å². The minimum Gasteiger partial charge on any atom is -0.507 e. The van der Waals surface area contributed by atoms with E-state index in [9.17, 15) is 4.79 Å². The zero-order chi connectivity index (χ0) is 7.56. The van der Waals surface area contributed by atoms with E-state index in [-0.39, 0.29) is 30.8 Å². The molecule has 0 bridgehead atoms. The summed E-state index contributed by atoms with van der Waals surface area (Å²) in [4.78, 5) is 10.3. The van der Waals surface area contributed by atoms with E-state index in [1.54, 1.807) is 12.1 Å². The van der Waals surface area contributed by atoms with Gasteiger partial charge in [0.15, 0.2) is 0 Å². The number of hydrogen-bond donors (Lipinski definition) is 2. The van der Waals surface area contributed by atoms with Gasteiger partial charge in [0.25, 0.3) is 0 Å². The monoisotopic (exact) mass is 202 g/mol. The quantitative estimate of drug-likeness (QED) is 0.672. The van der Waals surface area contributed by atoms with Crippen LogP contribution in [-0.2, 0) is 19.5 Å². The van der Waals surface area contributed by atoms with E-state index in [4.69, 9.17) is 10.2 Å². The molecule has 2 N–H and O–H groups in total. The summed E-state index contributed by atoms with van der Waals surface area (Å²) in [5, 5.41) is 17.3. The van der Waals surface area contributed by atoms with E-state index in [2.05, 4.69) is 0 Å². The van der Waals surface area contributed by atoms with Crippen LogP contribution in [0.2, 0.25) is 0 Å². The second-order valence-electron chi connectivity index (χ2n) is 1.82. The summed E-state index contributed by atoms with van der Waals surface area (Å²) < 4.78 is 0. The van der Waals surface area contributed by atoms with Crippen LogP contribution in [0.25, 0.3) is 0 Å². The molecule has 0 saturated carbocycles. The Morgan fingerprint density at radius 3 is 2.18 bits per heavy atom. The smallest absolute Gasteiger partial charge is 0.339 e. The Hall–Kier alpha value is -0.887. The molecule has 11 heavy (non-hydrogen) atoms. The maximum absolute atomic E-state index is 10.3. The van der Waals surface area contributed by atoms with Crippen LogP contribution in [0.5, 0.6) is 5.75 Å². The van der Waals surface area contributed by atoms with Crippen LogP contribution in [0.15, 0.2) is 24.3 Å². The summed E-state index contributed by atoms with van der Waals surface area (Å²) >= 11 is 0. The van der Waals surface area contributed by atoms with Gasteiger partial charge >= 0.3 is 5.97 Å². The van der Waals surface area contributed by atoms with Crippen molar-refractivity contribution in [2.24, 2.45) is 0 Å². The van der Waals surface area contributed by atoms with Gasteiger partial charge in [0, 0.05) is 19.5 Å². The minimum atomic E-state index is -1.11.